The summed E-state index contributed by atoms with van der Waals surface area (Å²) in [5.41, 5.74) is 0.970. The summed E-state index contributed by atoms with van der Waals surface area (Å²) in [6.45, 7) is 14.1. The molecule has 92 valence electrons. The van der Waals surface area contributed by atoms with Crippen LogP contribution in [-0.2, 0) is 9.22 Å². The highest BCUT2D eigenvalue weighted by molar-refractivity contribution is 6.33. The number of carbonyl (C=O) groups is 1. The van der Waals surface area contributed by atoms with Gasteiger partial charge in [0.15, 0.2) is 0 Å². The van der Waals surface area contributed by atoms with E-state index in [9.17, 15) is 4.79 Å². The lowest BCUT2D eigenvalue weighted by molar-refractivity contribution is -0.130. The summed E-state index contributed by atoms with van der Waals surface area (Å²) in [5.74, 6) is 0.951. The lowest BCUT2D eigenvalue weighted by atomic mass is 9.93. The van der Waals surface area contributed by atoms with Gasteiger partial charge in [0, 0.05) is 5.57 Å². The van der Waals surface area contributed by atoms with E-state index in [2.05, 4.69) is 34.3 Å². The number of rotatable bonds is 7. The third-order valence-corrected chi connectivity index (χ3v) is 4.86. The number of hydrogen-bond acceptors (Lipinski definition) is 2. The molecule has 0 aromatic carbocycles. The summed E-state index contributed by atoms with van der Waals surface area (Å²) >= 11 is 0. The van der Waals surface area contributed by atoms with Gasteiger partial charge in [-0.1, -0.05) is 47.1 Å². The van der Waals surface area contributed by atoms with Crippen LogP contribution < -0.4 is 0 Å². The standard InChI is InChI=1S/C13H24O2Si/c1-7-10(5)12(11(6)8-2)16-15-13(14)9(3)4/h10-12H,3,7-8H2,1-2,4-6H3. The van der Waals surface area contributed by atoms with Crippen molar-refractivity contribution in [3.05, 3.63) is 12.2 Å². The molecule has 0 N–H and O–H groups in total. The van der Waals surface area contributed by atoms with Gasteiger partial charge < -0.3 is 4.43 Å². The Balaban J connectivity index is 4.32. The fourth-order valence-electron chi connectivity index (χ4n) is 1.51. The van der Waals surface area contributed by atoms with Crippen molar-refractivity contribution in [2.75, 3.05) is 0 Å². The first kappa shape index (κ1) is 15.4. The van der Waals surface area contributed by atoms with Gasteiger partial charge in [-0.05, 0) is 24.3 Å². The van der Waals surface area contributed by atoms with Crippen molar-refractivity contribution in [2.45, 2.75) is 53.0 Å². The van der Waals surface area contributed by atoms with E-state index in [1.54, 1.807) is 6.92 Å². The second-order valence-electron chi connectivity index (χ2n) is 4.58. The number of hydrogen-bond donors (Lipinski definition) is 0. The Morgan fingerprint density at radius 3 is 2.00 bits per heavy atom. The van der Waals surface area contributed by atoms with Gasteiger partial charge in [0.25, 0.3) is 0 Å². The van der Waals surface area contributed by atoms with E-state index in [1.807, 2.05) is 0 Å². The van der Waals surface area contributed by atoms with Crippen molar-refractivity contribution in [1.29, 1.82) is 0 Å². The summed E-state index contributed by atoms with van der Waals surface area (Å²) in [6, 6.07) is 0. The van der Waals surface area contributed by atoms with Gasteiger partial charge >= 0.3 is 15.7 Å². The molecular weight excluding hydrogens is 216 g/mol. The largest absolute Gasteiger partial charge is 0.513 e. The normalized spacial score (nSPS) is 16.3. The summed E-state index contributed by atoms with van der Waals surface area (Å²) in [6.07, 6.45) is 2.26. The molecular formula is C13H24O2Si. The first-order valence-electron chi connectivity index (χ1n) is 6.06. The van der Waals surface area contributed by atoms with Gasteiger partial charge in [-0.25, -0.2) is 4.79 Å². The zero-order chi connectivity index (χ0) is 12.7. The summed E-state index contributed by atoms with van der Waals surface area (Å²) in [4.78, 5) is 11.4. The highest BCUT2D eigenvalue weighted by atomic mass is 28.2. The van der Waals surface area contributed by atoms with E-state index >= 15 is 0 Å². The molecule has 2 unspecified atom stereocenters. The second-order valence-corrected chi connectivity index (χ2v) is 5.69. The van der Waals surface area contributed by atoms with Gasteiger partial charge in [0.2, 0.25) is 0 Å². The zero-order valence-corrected chi connectivity index (χ0v) is 12.2. The van der Waals surface area contributed by atoms with Gasteiger partial charge in [0.1, 0.15) is 0 Å². The molecule has 0 fully saturated rings. The van der Waals surface area contributed by atoms with Crippen LogP contribution in [0.5, 0.6) is 0 Å². The second kappa shape index (κ2) is 7.66. The molecule has 0 saturated heterocycles. The molecule has 0 bridgehead atoms. The van der Waals surface area contributed by atoms with Crippen LogP contribution in [-0.4, -0.2) is 15.7 Å². The van der Waals surface area contributed by atoms with Crippen LogP contribution in [0.4, 0.5) is 0 Å². The smallest absolute Gasteiger partial charge is 0.319 e. The molecule has 2 atom stereocenters. The van der Waals surface area contributed by atoms with E-state index in [4.69, 9.17) is 4.43 Å². The van der Waals surface area contributed by atoms with Crippen molar-refractivity contribution in [2.24, 2.45) is 11.8 Å². The summed E-state index contributed by atoms with van der Waals surface area (Å²) in [5, 5.41) is 0. The maximum absolute atomic E-state index is 11.4. The van der Waals surface area contributed by atoms with Crippen molar-refractivity contribution in [3.8, 4) is 0 Å². The third-order valence-electron chi connectivity index (χ3n) is 3.15. The maximum Gasteiger partial charge on any atom is 0.319 e. The minimum atomic E-state index is -0.255. The van der Waals surface area contributed by atoms with Gasteiger partial charge in [-0.2, -0.15) is 0 Å². The van der Waals surface area contributed by atoms with Gasteiger partial charge in [0.05, 0.1) is 0 Å². The molecule has 0 aliphatic heterocycles. The van der Waals surface area contributed by atoms with Crippen LogP contribution in [0.3, 0.4) is 0 Å². The molecule has 0 rings (SSSR count). The molecule has 0 heterocycles. The van der Waals surface area contributed by atoms with E-state index in [1.165, 1.54) is 0 Å². The summed E-state index contributed by atoms with van der Waals surface area (Å²) < 4.78 is 5.30. The average Bonchev–Trinajstić information content (AvgIpc) is 2.27. The maximum atomic E-state index is 11.4. The average molecular weight is 240 g/mol. The number of carbonyl (C=O) groups excluding carboxylic acids is 1. The molecule has 2 radical (unpaired) electrons. The predicted octanol–water partition coefficient (Wildman–Crippen LogP) is 3.61. The molecule has 0 saturated carbocycles. The molecule has 0 aromatic heterocycles. The zero-order valence-electron chi connectivity index (χ0n) is 11.2. The fourth-order valence-corrected chi connectivity index (χ4v) is 2.86. The molecule has 0 aliphatic carbocycles. The molecule has 2 nitrogen and oxygen atoms in total. The SMILES string of the molecule is C=C(C)C(=O)O[Si]C(C(C)CC)C(C)CC. The van der Waals surface area contributed by atoms with E-state index in [0.29, 0.717) is 23.0 Å². The van der Waals surface area contributed by atoms with Gasteiger partial charge in [-0.3, -0.25) is 0 Å². The van der Waals surface area contributed by atoms with Crippen LogP contribution in [0.1, 0.15) is 47.5 Å². The Hall–Kier alpha value is -0.573. The molecule has 0 amide bonds. The molecule has 3 heteroatoms. The first-order chi connectivity index (χ1) is 7.43. The highest BCUT2D eigenvalue weighted by Gasteiger charge is 2.25. The molecule has 0 aliphatic rings. The van der Waals surface area contributed by atoms with Crippen LogP contribution in [0, 0.1) is 11.8 Å². The molecule has 0 aromatic rings. The Labute approximate surface area is 102 Å². The topological polar surface area (TPSA) is 26.3 Å². The Bertz CT molecular complexity index is 228. The molecule has 16 heavy (non-hydrogen) atoms. The van der Waals surface area contributed by atoms with Crippen molar-refractivity contribution in [1.82, 2.24) is 0 Å². The van der Waals surface area contributed by atoms with Crippen molar-refractivity contribution >= 4 is 15.7 Å². The highest BCUT2D eigenvalue weighted by Crippen LogP contribution is 2.30. The van der Waals surface area contributed by atoms with Crippen LogP contribution in [0.15, 0.2) is 12.2 Å². The minimum Gasteiger partial charge on any atom is -0.513 e. The van der Waals surface area contributed by atoms with Crippen molar-refractivity contribution in [3.63, 3.8) is 0 Å². The Kier molecular flexibility index (Phi) is 7.39. The van der Waals surface area contributed by atoms with Crippen molar-refractivity contribution < 1.29 is 9.22 Å². The summed E-state index contributed by atoms with van der Waals surface area (Å²) in [7, 11) is 0.260. The lowest BCUT2D eigenvalue weighted by Crippen LogP contribution is -2.24. The lowest BCUT2D eigenvalue weighted by Gasteiger charge is -2.26. The Morgan fingerprint density at radius 2 is 1.69 bits per heavy atom. The third kappa shape index (κ3) is 4.97. The van der Waals surface area contributed by atoms with E-state index in [0.717, 1.165) is 12.8 Å². The van der Waals surface area contributed by atoms with E-state index in [-0.39, 0.29) is 15.7 Å². The van der Waals surface area contributed by atoms with Crippen LogP contribution in [0.25, 0.3) is 0 Å². The van der Waals surface area contributed by atoms with Gasteiger partial charge in [-0.15, -0.1) is 0 Å². The minimum absolute atomic E-state index is 0.255. The predicted molar refractivity (Wildman–Crippen MR) is 69.3 cm³/mol. The quantitative estimate of drug-likeness (QED) is 0.502. The van der Waals surface area contributed by atoms with E-state index < -0.39 is 0 Å². The van der Waals surface area contributed by atoms with Crippen LogP contribution >= 0.6 is 0 Å². The Morgan fingerprint density at radius 1 is 1.25 bits per heavy atom. The monoisotopic (exact) mass is 240 g/mol. The molecule has 0 spiro atoms. The fraction of sp³-hybridized carbons (Fsp3) is 0.769. The van der Waals surface area contributed by atoms with Crippen LogP contribution in [0.2, 0.25) is 5.54 Å². The first-order valence-corrected chi connectivity index (χ1v) is 7.04.